The molecule has 3 aromatic rings. The van der Waals surface area contributed by atoms with Crippen LogP contribution < -0.4 is 5.69 Å². The van der Waals surface area contributed by atoms with E-state index in [4.69, 9.17) is 6.42 Å². The van der Waals surface area contributed by atoms with Gasteiger partial charge in [-0.2, -0.15) is 4.98 Å². The first-order valence-electron chi connectivity index (χ1n) is 6.95. The molecule has 3 heteroatoms. The van der Waals surface area contributed by atoms with E-state index in [2.05, 4.69) is 10.9 Å². The van der Waals surface area contributed by atoms with Gasteiger partial charge in [0.1, 0.15) is 0 Å². The maximum absolute atomic E-state index is 12.1. The van der Waals surface area contributed by atoms with Gasteiger partial charge in [0.05, 0.1) is 12.2 Å². The topological polar surface area (TPSA) is 34.9 Å². The number of nitrogens with zero attached hydrogens (tertiary/aromatic N) is 2. The second kappa shape index (κ2) is 6.11. The molecule has 0 atom stereocenters. The SMILES string of the molecule is C#CCn1cc(-c2ccccc2)c(-c2ccccc2)nc1=O. The van der Waals surface area contributed by atoms with Crippen LogP contribution in [0.1, 0.15) is 0 Å². The van der Waals surface area contributed by atoms with Crippen LogP contribution >= 0.6 is 0 Å². The maximum Gasteiger partial charge on any atom is 0.349 e. The van der Waals surface area contributed by atoms with Gasteiger partial charge in [0, 0.05) is 17.3 Å². The molecule has 106 valence electrons. The lowest BCUT2D eigenvalue weighted by Crippen LogP contribution is -2.23. The minimum Gasteiger partial charge on any atom is -0.287 e. The van der Waals surface area contributed by atoms with Gasteiger partial charge in [0.15, 0.2) is 0 Å². The first-order chi connectivity index (χ1) is 10.8. The van der Waals surface area contributed by atoms with E-state index in [1.807, 2.05) is 60.7 Å². The summed E-state index contributed by atoms with van der Waals surface area (Å²) in [5, 5.41) is 0. The van der Waals surface area contributed by atoms with Crippen LogP contribution in [0.5, 0.6) is 0 Å². The molecule has 3 rings (SSSR count). The van der Waals surface area contributed by atoms with Gasteiger partial charge in [-0.25, -0.2) is 4.79 Å². The third-order valence-electron chi connectivity index (χ3n) is 3.39. The number of hydrogen-bond acceptors (Lipinski definition) is 2. The lowest BCUT2D eigenvalue weighted by atomic mass is 10.0. The Morgan fingerprint density at radius 3 is 2.14 bits per heavy atom. The maximum atomic E-state index is 12.1. The Morgan fingerprint density at radius 1 is 0.955 bits per heavy atom. The molecule has 0 fully saturated rings. The van der Waals surface area contributed by atoms with Gasteiger partial charge in [-0.05, 0) is 5.56 Å². The predicted molar refractivity (Wildman–Crippen MR) is 88.2 cm³/mol. The zero-order valence-electron chi connectivity index (χ0n) is 11.9. The highest BCUT2D eigenvalue weighted by Gasteiger charge is 2.12. The Morgan fingerprint density at radius 2 is 1.55 bits per heavy atom. The second-order valence-electron chi connectivity index (χ2n) is 4.85. The molecule has 2 aromatic carbocycles. The van der Waals surface area contributed by atoms with Crippen LogP contribution in [0.15, 0.2) is 71.7 Å². The van der Waals surface area contributed by atoms with E-state index < -0.39 is 0 Å². The number of rotatable bonds is 3. The summed E-state index contributed by atoms with van der Waals surface area (Å²) in [5.74, 6) is 2.49. The van der Waals surface area contributed by atoms with E-state index >= 15 is 0 Å². The molecule has 3 nitrogen and oxygen atoms in total. The van der Waals surface area contributed by atoms with Gasteiger partial charge in [-0.3, -0.25) is 4.57 Å². The molecule has 1 aromatic heterocycles. The molecule has 1 heterocycles. The Bertz CT molecular complexity index is 875. The van der Waals surface area contributed by atoms with Crippen LogP contribution in [0.2, 0.25) is 0 Å². The molecule has 0 saturated heterocycles. The second-order valence-corrected chi connectivity index (χ2v) is 4.85. The summed E-state index contributed by atoms with van der Waals surface area (Å²) < 4.78 is 1.45. The number of benzene rings is 2. The normalized spacial score (nSPS) is 10.1. The standard InChI is InChI=1S/C19H14N2O/c1-2-13-21-14-17(15-9-5-3-6-10-15)18(20-19(21)22)16-11-7-4-8-12-16/h1,3-12,14H,13H2. The zero-order chi connectivity index (χ0) is 15.4. The van der Waals surface area contributed by atoms with E-state index in [1.54, 1.807) is 6.20 Å². The lowest BCUT2D eigenvalue weighted by Gasteiger charge is -2.11. The summed E-state index contributed by atoms with van der Waals surface area (Å²) in [5.41, 5.74) is 3.13. The Labute approximate surface area is 128 Å². The minimum atomic E-state index is -0.337. The molecule has 22 heavy (non-hydrogen) atoms. The van der Waals surface area contributed by atoms with Crippen molar-refractivity contribution in [2.24, 2.45) is 0 Å². The van der Waals surface area contributed by atoms with E-state index in [-0.39, 0.29) is 12.2 Å². The van der Waals surface area contributed by atoms with Crippen LogP contribution in [0, 0.1) is 12.3 Å². The molecule has 0 aliphatic carbocycles. The van der Waals surface area contributed by atoms with E-state index in [0.717, 1.165) is 16.7 Å². The van der Waals surface area contributed by atoms with Gasteiger partial charge in [-0.1, -0.05) is 66.6 Å². The molecule has 0 aliphatic rings. The molecule has 0 radical (unpaired) electrons. The minimum absolute atomic E-state index is 0.209. The van der Waals surface area contributed by atoms with Gasteiger partial charge < -0.3 is 0 Å². The molecule has 0 amide bonds. The third-order valence-corrected chi connectivity index (χ3v) is 3.39. The van der Waals surface area contributed by atoms with Gasteiger partial charge in [0.25, 0.3) is 0 Å². The van der Waals surface area contributed by atoms with Gasteiger partial charge in [0.2, 0.25) is 0 Å². The smallest absolute Gasteiger partial charge is 0.287 e. The van der Waals surface area contributed by atoms with Crippen molar-refractivity contribution in [2.45, 2.75) is 6.54 Å². The fourth-order valence-corrected chi connectivity index (χ4v) is 2.35. The number of hydrogen-bond donors (Lipinski definition) is 0. The molecule has 0 unspecified atom stereocenters. The monoisotopic (exact) mass is 286 g/mol. The summed E-state index contributed by atoms with van der Waals surface area (Å²) >= 11 is 0. The van der Waals surface area contributed by atoms with Crippen molar-refractivity contribution in [3.8, 4) is 34.7 Å². The van der Waals surface area contributed by atoms with Crippen LogP contribution in [-0.2, 0) is 6.54 Å². The first-order valence-corrected chi connectivity index (χ1v) is 6.95. The van der Waals surface area contributed by atoms with Gasteiger partial charge in [-0.15, -0.1) is 6.42 Å². The highest BCUT2D eigenvalue weighted by Crippen LogP contribution is 2.28. The summed E-state index contributed by atoms with van der Waals surface area (Å²) in [4.78, 5) is 16.4. The van der Waals surface area contributed by atoms with Crippen LogP contribution in [-0.4, -0.2) is 9.55 Å². The predicted octanol–water partition coefficient (Wildman–Crippen LogP) is 3.21. The zero-order valence-corrected chi connectivity index (χ0v) is 11.9. The van der Waals surface area contributed by atoms with Crippen molar-refractivity contribution >= 4 is 0 Å². The number of terminal acetylenes is 1. The van der Waals surface area contributed by atoms with Crippen molar-refractivity contribution in [1.82, 2.24) is 9.55 Å². The Balaban J connectivity index is 2.27. The van der Waals surface area contributed by atoms with Crippen LogP contribution in [0.25, 0.3) is 22.4 Å². The van der Waals surface area contributed by atoms with Crippen LogP contribution in [0.3, 0.4) is 0 Å². The summed E-state index contributed by atoms with van der Waals surface area (Å²) in [6.45, 7) is 0.209. The fraction of sp³-hybridized carbons (Fsp3) is 0.0526. The average molecular weight is 286 g/mol. The van der Waals surface area contributed by atoms with Crippen molar-refractivity contribution < 1.29 is 0 Å². The fourth-order valence-electron chi connectivity index (χ4n) is 2.35. The van der Waals surface area contributed by atoms with E-state index in [9.17, 15) is 4.79 Å². The summed E-state index contributed by atoms with van der Waals surface area (Å²) in [6.07, 6.45) is 7.11. The highest BCUT2D eigenvalue weighted by molar-refractivity contribution is 5.79. The molecule has 0 N–H and O–H groups in total. The highest BCUT2D eigenvalue weighted by atomic mass is 16.1. The molecule has 0 spiro atoms. The third kappa shape index (κ3) is 2.68. The lowest BCUT2D eigenvalue weighted by molar-refractivity contribution is 0.762. The molecular formula is C19H14N2O. The molecule has 0 aliphatic heterocycles. The quantitative estimate of drug-likeness (QED) is 0.693. The molecule has 0 bridgehead atoms. The molecular weight excluding hydrogens is 272 g/mol. The molecule has 0 saturated carbocycles. The van der Waals surface area contributed by atoms with Crippen molar-refractivity contribution in [2.75, 3.05) is 0 Å². The summed E-state index contributed by atoms with van der Waals surface area (Å²) in [7, 11) is 0. The number of aromatic nitrogens is 2. The summed E-state index contributed by atoms with van der Waals surface area (Å²) in [6, 6.07) is 19.5. The Hall–Kier alpha value is -3.12. The van der Waals surface area contributed by atoms with Crippen LogP contribution in [0.4, 0.5) is 0 Å². The van der Waals surface area contributed by atoms with E-state index in [1.165, 1.54) is 4.57 Å². The average Bonchev–Trinajstić information content (AvgIpc) is 2.58. The van der Waals surface area contributed by atoms with Crippen molar-refractivity contribution in [3.05, 3.63) is 77.3 Å². The van der Waals surface area contributed by atoms with Crippen molar-refractivity contribution in [1.29, 1.82) is 0 Å². The van der Waals surface area contributed by atoms with E-state index in [0.29, 0.717) is 5.69 Å². The van der Waals surface area contributed by atoms with Gasteiger partial charge >= 0.3 is 5.69 Å². The first kappa shape index (κ1) is 13.8. The largest absolute Gasteiger partial charge is 0.349 e. The van der Waals surface area contributed by atoms with Crippen molar-refractivity contribution in [3.63, 3.8) is 0 Å². The Kier molecular flexibility index (Phi) is 3.84.